The largest absolute Gasteiger partial charge is 0.310 e. The molecule has 4 heteroatoms. The van der Waals surface area contributed by atoms with Crippen molar-refractivity contribution in [2.24, 2.45) is 0 Å². The van der Waals surface area contributed by atoms with Crippen LogP contribution in [0.25, 0.3) is 0 Å². The van der Waals surface area contributed by atoms with Crippen molar-refractivity contribution in [1.29, 1.82) is 5.26 Å². The maximum atomic E-state index is 9.17. The molecule has 0 amide bonds. The molecule has 2 aliphatic rings. The minimum Gasteiger partial charge on any atom is -0.310 e. The Hall–Kier alpha value is -2.41. The second kappa shape index (κ2) is 4.31. The molecule has 0 spiro atoms. The summed E-state index contributed by atoms with van der Waals surface area (Å²) in [6, 6.07) is 12.3. The molecule has 1 aliphatic heterocycles. The molecule has 0 unspecified atom stereocenters. The van der Waals surface area contributed by atoms with Gasteiger partial charge in [-0.1, -0.05) is 18.2 Å². The number of benzene rings is 1. The Labute approximate surface area is 117 Å². The summed E-state index contributed by atoms with van der Waals surface area (Å²) in [5, 5.41) is 9.17. The number of hydrogen-bond acceptors (Lipinski definition) is 4. The van der Waals surface area contributed by atoms with E-state index in [4.69, 9.17) is 5.26 Å². The van der Waals surface area contributed by atoms with Crippen molar-refractivity contribution in [3.05, 3.63) is 47.3 Å². The lowest BCUT2D eigenvalue weighted by Crippen LogP contribution is -2.17. The van der Waals surface area contributed by atoms with Crippen molar-refractivity contribution < 1.29 is 0 Å². The molecular weight excluding hydrogens is 248 g/mol. The Morgan fingerprint density at radius 3 is 2.85 bits per heavy atom. The van der Waals surface area contributed by atoms with Crippen molar-refractivity contribution in [1.82, 2.24) is 9.97 Å². The van der Waals surface area contributed by atoms with Crippen molar-refractivity contribution in [2.75, 3.05) is 11.4 Å². The van der Waals surface area contributed by atoms with Crippen LogP contribution in [0.2, 0.25) is 0 Å². The van der Waals surface area contributed by atoms with Crippen molar-refractivity contribution in [3.8, 4) is 6.07 Å². The van der Waals surface area contributed by atoms with E-state index in [2.05, 4.69) is 39.1 Å². The van der Waals surface area contributed by atoms with Crippen molar-refractivity contribution >= 4 is 11.6 Å². The second-order valence-electron chi connectivity index (χ2n) is 5.39. The van der Waals surface area contributed by atoms with Crippen LogP contribution in [0.3, 0.4) is 0 Å². The van der Waals surface area contributed by atoms with E-state index in [1.165, 1.54) is 24.1 Å². The molecule has 2 heterocycles. The van der Waals surface area contributed by atoms with E-state index < -0.39 is 0 Å². The van der Waals surface area contributed by atoms with Crippen LogP contribution < -0.4 is 4.90 Å². The van der Waals surface area contributed by atoms with Crippen LogP contribution in [0.4, 0.5) is 11.6 Å². The Morgan fingerprint density at radius 1 is 1.20 bits per heavy atom. The van der Waals surface area contributed by atoms with E-state index in [1.54, 1.807) is 0 Å². The van der Waals surface area contributed by atoms with Gasteiger partial charge in [0.2, 0.25) is 5.95 Å². The van der Waals surface area contributed by atoms with Gasteiger partial charge in [0.05, 0.1) is 5.69 Å². The molecule has 0 N–H and O–H groups in total. The Balaban J connectivity index is 1.79. The molecule has 0 bridgehead atoms. The summed E-state index contributed by atoms with van der Waals surface area (Å²) in [6.45, 7) is 0.887. The summed E-state index contributed by atoms with van der Waals surface area (Å²) in [5.74, 6) is 1.21. The zero-order valence-corrected chi connectivity index (χ0v) is 11.1. The van der Waals surface area contributed by atoms with E-state index in [9.17, 15) is 0 Å². The SMILES string of the molecule is N#Cc1cc(C2CC2)nc(N2CCc3ccccc32)n1. The van der Waals surface area contributed by atoms with Gasteiger partial charge < -0.3 is 4.90 Å². The molecule has 4 rings (SSSR count). The topological polar surface area (TPSA) is 52.8 Å². The third-order valence-corrected chi connectivity index (χ3v) is 3.97. The van der Waals surface area contributed by atoms with Crippen LogP contribution >= 0.6 is 0 Å². The molecule has 0 atom stereocenters. The van der Waals surface area contributed by atoms with E-state index in [0.717, 1.165) is 18.7 Å². The van der Waals surface area contributed by atoms with Gasteiger partial charge >= 0.3 is 0 Å². The normalized spacial score (nSPS) is 16.9. The van der Waals surface area contributed by atoms with E-state index in [0.29, 0.717) is 17.6 Å². The van der Waals surface area contributed by atoms with Gasteiger partial charge in [-0.05, 0) is 37.0 Å². The predicted molar refractivity (Wildman–Crippen MR) is 75.9 cm³/mol. The van der Waals surface area contributed by atoms with E-state index in [1.807, 2.05) is 12.1 Å². The number of aromatic nitrogens is 2. The summed E-state index contributed by atoms with van der Waals surface area (Å²) in [7, 11) is 0. The number of hydrogen-bond donors (Lipinski definition) is 0. The third kappa shape index (κ3) is 1.83. The standard InChI is InChI=1S/C16H14N4/c17-10-13-9-14(11-5-6-11)19-16(18-13)20-8-7-12-3-1-2-4-15(12)20/h1-4,9,11H,5-8H2. The highest BCUT2D eigenvalue weighted by Crippen LogP contribution is 2.40. The van der Waals surface area contributed by atoms with Crippen molar-refractivity contribution in [3.63, 3.8) is 0 Å². The first-order valence-corrected chi connectivity index (χ1v) is 6.99. The maximum absolute atomic E-state index is 9.17. The first-order chi connectivity index (χ1) is 9.85. The maximum Gasteiger partial charge on any atom is 0.231 e. The lowest BCUT2D eigenvalue weighted by molar-refractivity contribution is 0.901. The molecule has 1 saturated carbocycles. The highest BCUT2D eigenvalue weighted by molar-refractivity contribution is 5.65. The van der Waals surface area contributed by atoms with Gasteiger partial charge in [-0.15, -0.1) is 0 Å². The van der Waals surface area contributed by atoms with Gasteiger partial charge in [0, 0.05) is 18.2 Å². The molecule has 1 fully saturated rings. The monoisotopic (exact) mass is 262 g/mol. The first-order valence-electron chi connectivity index (χ1n) is 6.99. The summed E-state index contributed by atoms with van der Waals surface area (Å²) in [6.07, 6.45) is 3.37. The molecule has 0 saturated heterocycles. The lowest BCUT2D eigenvalue weighted by Gasteiger charge is -2.18. The summed E-state index contributed by atoms with van der Waals surface area (Å²) in [4.78, 5) is 11.2. The quantitative estimate of drug-likeness (QED) is 0.835. The zero-order valence-electron chi connectivity index (χ0n) is 11.1. The van der Waals surface area contributed by atoms with Gasteiger partial charge in [-0.3, -0.25) is 0 Å². The average molecular weight is 262 g/mol. The smallest absolute Gasteiger partial charge is 0.231 e. The van der Waals surface area contributed by atoms with Crippen LogP contribution in [-0.2, 0) is 6.42 Å². The Morgan fingerprint density at radius 2 is 2.05 bits per heavy atom. The minimum absolute atomic E-state index is 0.473. The molecular formula is C16H14N4. The zero-order chi connectivity index (χ0) is 13.5. The fourth-order valence-electron chi connectivity index (χ4n) is 2.77. The van der Waals surface area contributed by atoms with Crippen LogP contribution in [-0.4, -0.2) is 16.5 Å². The highest BCUT2D eigenvalue weighted by atomic mass is 15.3. The summed E-state index contributed by atoms with van der Waals surface area (Å²) in [5.41, 5.74) is 3.99. The molecule has 1 aliphatic carbocycles. The highest BCUT2D eigenvalue weighted by Gasteiger charge is 2.28. The molecule has 2 aromatic rings. The minimum atomic E-state index is 0.473. The molecule has 20 heavy (non-hydrogen) atoms. The number of anilines is 2. The van der Waals surface area contributed by atoms with Gasteiger partial charge in [0.15, 0.2) is 0 Å². The first kappa shape index (κ1) is 11.4. The lowest BCUT2D eigenvalue weighted by atomic mass is 10.2. The number of rotatable bonds is 2. The van der Waals surface area contributed by atoms with Crippen molar-refractivity contribution in [2.45, 2.75) is 25.2 Å². The van der Waals surface area contributed by atoms with E-state index in [-0.39, 0.29) is 0 Å². The Kier molecular flexibility index (Phi) is 2.46. The fourth-order valence-corrected chi connectivity index (χ4v) is 2.77. The van der Waals surface area contributed by atoms with Crippen LogP contribution in [0.1, 0.15) is 35.7 Å². The molecule has 4 nitrogen and oxygen atoms in total. The molecule has 1 aromatic heterocycles. The van der Waals surface area contributed by atoms with Gasteiger partial charge in [0.1, 0.15) is 11.8 Å². The van der Waals surface area contributed by atoms with Crippen LogP contribution in [0, 0.1) is 11.3 Å². The number of nitriles is 1. The molecule has 0 radical (unpaired) electrons. The average Bonchev–Trinajstić information content (AvgIpc) is 3.26. The summed E-state index contributed by atoms with van der Waals surface area (Å²) < 4.78 is 0. The third-order valence-electron chi connectivity index (χ3n) is 3.97. The Bertz CT molecular complexity index is 713. The summed E-state index contributed by atoms with van der Waals surface area (Å²) >= 11 is 0. The molecule has 1 aromatic carbocycles. The van der Waals surface area contributed by atoms with Gasteiger partial charge in [0.25, 0.3) is 0 Å². The van der Waals surface area contributed by atoms with Crippen LogP contribution in [0.5, 0.6) is 0 Å². The fraction of sp³-hybridized carbons (Fsp3) is 0.312. The number of para-hydroxylation sites is 1. The molecule has 98 valence electrons. The van der Waals surface area contributed by atoms with Crippen LogP contribution in [0.15, 0.2) is 30.3 Å². The predicted octanol–water partition coefficient (Wildman–Crippen LogP) is 2.92. The van der Waals surface area contributed by atoms with Gasteiger partial charge in [-0.25, -0.2) is 9.97 Å². The van der Waals surface area contributed by atoms with E-state index >= 15 is 0 Å². The number of fused-ring (bicyclic) bond motifs is 1. The number of nitrogens with zero attached hydrogens (tertiary/aromatic N) is 4. The second-order valence-corrected chi connectivity index (χ2v) is 5.39. The van der Waals surface area contributed by atoms with Gasteiger partial charge in [-0.2, -0.15) is 5.26 Å².